The van der Waals surface area contributed by atoms with Crippen LogP contribution < -0.4 is 4.90 Å². The quantitative estimate of drug-likeness (QED) is 0.167. The molecular formula is C60H41N3O. The van der Waals surface area contributed by atoms with Gasteiger partial charge in [0.05, 0.1) is 28.6 Å². The molecule has 4 heteroatoms. The Hall–Kier alpha value is -8.08. The summed E-state index contributed by atoms with van der Waals surface area (Å²) in [5, 5.41) is 7.46. The van der Waals surface area contributed by atoms with E-state index >= 15 is 0 Å². The maximum Gasteiger partial charge on any atom is 0.137 e. The van der Waals surface area contributed by atoms with Crippen LogP contribution >= 0.6 is 0 Å². The van der Waals surface area contributed by atoms with Crippen molar-refractivity contribution < 1.29 is 4.42 Å². The number of rotatable bonds is 6. The number of allylic oxidation sites excluding steroid dienone is 6. The van der Waals surface area contributed by atoms with Gasteiger partial charge in [-0.3, -0.25) is 0 Å². The molecule has 0 bridgehead atoms. The van der Waals surface area contributed by atoms with Gasteiger partial charge < -0.3 is 18.5 Å². The Kier molecular flexibility index (Phi) is 7.61. The van der Waals surface area contributed by atoms with Gasteiger partial charge in [0.15, 0.2) is 0 Å². The molecule has 4 heterocycles. The lowest BCUT2D eigenvalue weighted by Gasteiger charge is -2.33. The average molecular weight is 820 g/mol. The van der Waals surface area contributed by atoms with Crippen LogP contribution in [-0.4, -0.2) is 15.2 Å². The van der Waals surface area contributed by atoms with E-state index in [2.05, 4.69) is 226 Å². The SMILES string of the molecule is C1=CC2c3cc(-c4ccc(N(c5ccc6c(c5)oc5ccccc56)C5C=CC(c6ccc7c(c6)c6ccccc6n7-c6ccccc6)=CC5)cc4)cc4c5ccccc5n(c34)C2C=C1. The van der Waals surface area contributed by atoms with Gasteiger partial charge in [0.2, 0.25) is 0 Å². The largest absolute Gasteiger partial charge is 0.456 e. The Morgan fingerprint density at radius 3 is 2.02 bits per heavy atom. The number of furan rings is 1. The summed E-state index contributed by atoms with van der Waals surface area (Å²) < 4.78 is 11.4. The van der Waals surface area contributed by atoms with Gasteiger partial charge in [-0.25, -0.2) is 0 Å². The van der Waals surface area contributed by atoms with Crippen LogP contribution in [0.3, 0.4) is 0 Å². The second kappa shape index (κ2) is 13.7. The first kappa shape index (κ1) is 35.5. The van der Waals surface area contributed by atoms with Crippen molar-refractivity contribution in [3.8, 4) is 16.8 Å². The van der Waals surface area contributed by atoms with Crippen molar-refractivity contribution in [3.05, 3.63) is 230 Å². The standard InChI is InChI=1S/C60H41N3O/c1-2-12-42(13-3-1)62-54-18-8-4-14-46(54)51-34-40(26-33-57(51)62)38-22-27-43(28-23-38)61(45-31-32-50-49-17-7-11-21-58(49)64-59(50)37-45)44-29-24-39(25-30-44)41-35-52-47-15-5-9-19-55(47)63-56-20-10-6-16-48(56)53(36-41)60(52)63/h1-27,29-37,43,47,55H,28H2. The summed E-state index contributed by atoms with van der Waals surface area (Å²) in [5.41, 5.74) is 16.7. The van der Waals surface area contributed by atoms with Gasteiger partial charge in [-0.1, -0.05) is 134 Å². The highest BCUT2D eigenvalue weighted by molar-refractivity contribution is 6.13. The molecule has 11 aromatic rings. The summed E-state index contributed by atoms with van der Waals surface area (Å²) in [7, 11) is 0. The lowest BCUT2D eigenvalue weighted by Crippen LogP contribution is -2.30. The number of anilines is 2. The first-order chi connectivity index (χ1) is 31.7. The Labute approximate surface area is 370 Å². The van der Waals surface area contributed by atoms with Gasteiger partial charge in [-0.15, -0.1) is 0 Å². The minimum absolute atomic E-state index is 0.0893. The fourth-order valence-electron chi connectivity index (χ4n) is 11.3. The molecule has 2 aliphatic carbocycles. The molecule has 3 unspecified atom stereocenters. The van der Waals surface area contributed by atoms with Crippen molar-refractivity contribution in [2.24, 2.45) is 0 Å². The molecule has 1 aliphatic heterocycles. The fraction of sp³-hybridized carbons (Fsp3) is 0.0667. The molecule has 14 rings (SSSR count). The van der Waals surface area contributed by atoms with Crippen LogP contribution in [0.5, 0.6) is 0 Å². The lowest BCUT2D eigenvalue weighted by atomic mass is 9.88. The highest BCUT2D eigenvalue weighted by Gasteiger charge is 2.35. The number of hydrogen-bond acceptors (Lipinski definition) is 2. The molecule has 0 radical (unpaired) electrons. The summed E-state index contributed by atoms with van der Waals surface area (Å²) in [6.45, 7) is 0. The normalized spacial score (nSPS) is 17.7. The summed E-state index contributed by atoms with van der Waals surface area (Å²) in [5.74, 6) is 0.336. The van der Waals surface area contributed by atoms with Gasteiger partial charge in [0.1, 0.15) is 11.2 Å². The Balaban J connectivity index is 0.847. The molecule has 0 fully saturated rings. The zero-order chi connectivity index (χ0) is 41.9. The van der Waals surface area contributed by atoms with Crippen LogP contribution in [-0.2, 0) is 0 Å². The summed E-state index contributed by atoms with van der Waals surface area (Å²) in [6.07, 6.45) is 17.1. The smallest absolute Gasteiger partial charge is 0.137 e. The van der Waals surface area contributed by atoms with E-state index in [1.165, 1.54) is 77.1 Å². The van der Waals surface area contributed by atoms with E-state index in [0.717, 1.165) is 39.7 Å². The second-order valence-corrected chi connectivity index (χ2v) is 17.6. The van der Waals surface area contributed by atoms with Crippen LogP contribution in [0.2, 0.25) is 0 Å². The van der Waals surface area contributed by atoms with Crippen LogP contribution in [0.4, 0.5) is 11.4 Å². The lowest BCUT2D eigenvalue weighted by molar-refractivity contribution is 0.615. The molecule has 8 aromatic carbocycles. The van der Waals surface area contributed by atoms with E-state index in [1.807, 2.05) is 6.07 Å². The zero-order valence-electron chi connectivity index (χ0n) is 35.0. The number of benzene rings is 8. The molecule has 0 amide bonds. The highest BCUT2D eigenvalue weighted by atomic mass is 16.3. The Bertz CT molecular complexity index is 3830. The van der Waals surface area contributed by atoms with Crippen molar-refractivity contribution in [1.82, 2.24) is 9.13 Å². The van der Waals surface area contributed by atoms with E-state index in [1.54, 1.807) is 0 Å². The third-order valence-electron chi connectivity index (χ3n) is 14.1. The van der Waals surface area contributed by atoms with E-state index in [0.29, 0.717) is 12.0 Å². The van der Waals surface area contributed by atoms with Gasteiger partial charge in [-0.2, -0.15) is 0 Å². The minimum atomic E-state index is 0.0893. The maximum absolute atomic E-state index is 6.47. The second-order valence-electron chi connectivity index (χ2n) is 17.6. The molecule has 0 saturated carbocycles. The molecule has 0 N–H and O–H groups in total. The Morgan fingerprint density at radius 2 is 1.17 bits per heavy atom. The van der Waals surface area contributed by atoms with E-state index < -0.39 is 0 Å². The van der Waals surface area contributed by atoms with Crippen molar-refractivity contribution in [1.29, 1.82) is 0 Å². The molecule has 3 atom stereocenters. The maximum atomic E-state index is 6.47. The average Bonchev–Trinajstić information content (AvgIpc) is 4.10. The van der Waals surface area contributed by atoms with Gasteiger partial charge in [-0.05, 0) is 113 Å². The van der Waals surface area contributed by atoms with Crippen LogP contribution in [0.15, 0.2) is 223 Å². The van der Waals surface area contributed by atoms with Crippen LogP contribution in [0, 0.1) is 0 Å². The predicted molar refractivity (Wildman–Crippen MR) is 267 cm³/mol. The van der Waals surface area contributed by atoms with E-state index in [9.17, 15) is 0 Å². The fourth-order valence-corrected chi connectivity index (χ4v) is 11.3. The Morgan fingerprint density at radius 1 is 0.484 bits per heavy atom. The monoisotopic (exact) mass is 819 g/mol. The van der Waals surface area contributed by atoms with Crippen molar-refractivity contribution in [2.75, 3.05) is 4.90 Å². The van der Waals surface area contributed by atoms with Gasteiger partial charge in [0.25, 0.3) is 0 Å². The first-order valence-electron chi connectivity index (χ1n) is 22.4. The number of para-hydroxylation sites is 4. The summed E-state index contributed by atoms with van der Waals surface area (Å²) in [4.78, 5) is 2.48. The molecule has 4 nitrogen and oxygen atoms in total. The predicted octanol–water partition coefficient (Wildman–Crippen LogP) is 15.8. The van der Waals surface area contributed by atoms with E-state index in [4.69, 9.17) is 4.42 Å². The van der Waals surface area contributed by atoms with Crippen molar-refractivity contribution in [2.45, 2.75) is 24.4 Å². The zero-order valence-corrected chi connectivity index (χ0v) is 35.0. The minimum Gasteiger partial charge on any atom is -0.456 e. The van der Waals surface area contributed by atoms with Crippen molar-refractivity contribution in [3.63, 3.8) is 0 Å². The van der Waals surface area contributed by atoms with Gasteiger partial charge in [0, 0.05) is 66.9 Å². The summed E-state index contributed by atoms with van der Waals surface area (Å²) >= 11 is 0. The highest BCUT2D eigenvalue weighted by Crippen LogP contribution is 2.51. The third kappa shape index (κ3) is 5.23. The number of fused-ring (bicyclic) bond motifs is 12. The molecule has 0 spiro atoms. The molecular weight excluding hydrogens is 779 g/mol. The molecule has 3 aromatic heterocycles. The van der Waals surface area contributed by atoms with E-state index in [-0.39, 0.29) is 6.04 Å². The van der Waals surface area contributed by atoms with Gasteiger partial charge >= 0.3 is 0 Å². The molecule has 0 saturated heterocycles. The van der Waals surface area contributed by atoms with Crippen molar-refractivity contribution >= 4 is 82.5 Å². The first-order valence-corrected chi connectivity index (χ1v) is 22.4. The third-order valence-corrected chi connectivity index (χ3v) is 14.1. The summed E-state index contributed by atoms with van der Waals surface area (Å²) in [6, 6.07) is 64.8. The van der Waals surface area contributed by atoms with Crippen LogP contribution in [0.1, 0.15) is 29.5 Å². The number of aromatic nitrogens is 2. The molecule has 3 aliphatic rings. The topological polar surface area (TPSA) is 26.2 Å². The van der Waals surface area contributed by atoms with Crippen LogP contribution in [0.25, 0.3) is 87.9 Å². The number of nitrogens with zero attached hydrogens (tertiary/aromatic N) is 3. The number of hydrogen-bond donors (Lipinski definition) is 0. The molecule has 64 heavy (non-hydrogen) atoms. The molecule has 302 valence electrons.